The summed E-state index contributed by atoms with van der Waals surface area (Å²) in [5, 5.41) is 3.30. The molecule has 2 aromatic rings. The molecular weight excluding hydrogens is 308 g/mol. The molecule has 0 aliphatic carbocycles. The van der Waals surface area contributed by atoms with E-state index in [9.17, 15) is 4.39 Å². The van der Waals surface area contributed by atoms with Crippen LogP contribution in [0.4, 0.5) is 15.9 Å². The van der Waals surface area contributed by atoms with Crippen LogP contribution in [0, 0.1) is 12.7 Å². The van der Waals surface area contributed by atoms with Gasteiger partial charge in [0.15, 0.2) is 0 Å². The molecule has 1 aromatic heterocycles. The van der Waals surface area contributed by atoms with E-state index in [2.05, 4.69) is 31.2 Å². The van der Waals surface area contributed by atoms with Gasteiger partial charge in [-0.15, -0.1) is 0 Å². The molecule has 0 aliphatic heterocycles. The highest BCUT2D eigenvalue weighted by molar-refractivity contribution is 9.10. The highest BCUT2D eigenvalue weighted by atomic mass is 79.9. The average molecular weight is 317 g/mol. The molecule has 2 rings (SSSR count). The van der Waals surface area contributed by atoms with Crippen LogP contribution >= 0.6 is 27.5 Å². The highest BCUT2D eigenvalue weighted by Crippen LogP contribution is 2.26. The molecule has 3 nitrogen and oxygen atoms in total. The molecule has 0 amide bonds. The first-order chi connectivity index (χ1) is 8.04. The van der Waals surface area contributed by atoms with E-state index in [0.29, 0.717) is 27.0 Å². The van der Waals surface area contributed by atoms with Crippen molar-refractivity contribution in [2.45, 2.75) is 6.92 Å². The Hall–Kier alpha value is -1.20. The highest BCUT2D eigenvalue weighted by Gasteiger charge is 2.04. The number of aromatic nitrogens is 2. The van der Waals surface area contributed by atoms with Gasteiger partial charge >= 0.3 is 0 Å². The first-order valence-corrected chi connectivity index (χ1v) is 5.95. The molecule has 17 heavy (non-hydrogen) atoms. The van der Waals surface area contributed by atoms with E-state index < -0.39 is 0 Å². The summed E-state index contributed by atoms with van der Waals surface area (Å²) in [6, 6.07) is 5.85. The van der Waals surface area contributed by atoms with Gasteiger partial charge in [0.05, 0.1) is 10.7 Å². The molecule has 1 heterocycles. The van der Waals surface area contributed by atoms with Crippen molar-refractivity contribution >= 4 is 39.0 Å². The van der Waals surface area contributed by atoms with E-state index in [1.54, 1.807) is 19.1 Å². The van der Waals surface area contributed by atoms with Crippen molar-refractivity contribution < 1.29 is 4.39 Å². The summed E-state index contributed by atoms with van der Waals surface area (Å²) in [5.41, 5.74) is 0.595. The van der Waals surface area contributed by atoms with Crippen molar-refractivity contribution in [3.63, 3.8) is 0 Å². The lowest BCUT2D eigenvalue weighted by atomic mass is 10.3. The van der Waals surface area contributed by atoms with E-state index in [0.717, 1.165) is 0 Å². The standard InChI is InChI=1S/C11H8BrClFN3/c1-6-15-10(12)5-11(16-6)17-9-3-2-7(14)4-8(9)13/h2-5H,1H3,(H,15,16,17). The minimum Gasteiger partial charge on any atom is -0.339 e. The molecule has 0 spiro atoms. The number of benzene rings is 1. The van der Waals surface area contributed by atoms with E-state index in [4.69, 9.17) is 11.6 Å². The van der Waals surface area contributed by atoms with E-state index >= 15 is 0 Å². The van der Waals surface area contributed by atoms with Crippen molar-refractivity contribution in [3.8, 4) is 0 Å². The van der Waals surface area contributed by atoms with Gasteiger partial charge in [-0.2, -0.15) is 0 Å². The molecule has 0 fully saturated rings. The van der Waals surface area contributed by atoms with Gasteiger partial charge in [0, 0.05) is 6.07 Å². The Kier molecular flexibility index (Phi) is 3.59. The lowest BCUT2D eigenvalue weighted by Gasteiger charge is -2.08. The molecule has 0 radical (unpaired) electrons. The number of halogens is 3. The zero-order valence-electron chi connectivity index (χ0n) is 8.84. The minimum absolute atomic E-state index is 0.303. The molecule has 0 unspecified atom stereocenters. The number of rotatable bonds is 2. The molecular formula is C11H8BrClFN3. The van der Waals surface area contributed by atoms with Gasteiger partial charge < -0.3 is 5.32 Å². The molecule has 0 saturated carbocycles. The predicted octanol–water partition coefficient (Wildman–Crippen LogP) is 4.08. The third kappa shape index (κ3) is 3.14. The SMILES string of the molecule is Cc1nc(Br)cc(Nc2ccc(F)cc2Cl)n1. The fraction of sp³-hybridized carbons (Fsp3) is 0.0909. The maximum atomic E-state index is 12.9. The molecule has 0 saturated heterocycles. The fourth-order valence-electron chi connectivity index (χ4n) is 1.32. The van der Waals surface area contributed by atoms with E-state index in [1.807, 2.05) is 0 Å². The quantitative estimate of drug-likeness (QED) is 0.848. The Balaban J connectivity index is 2.31. The first-order valence-electron chi connectivity index (χ1n) is 4.78. The van der Waals surface area contributed by atoms with Crippen LogP contribution < -0.4 is 5.32 Å². The normalized spacial score (nSPS) is 10.4. The van der Waals surface area contributed by atoms with Crippen LogP contribution in [0.25, 0.3) is 0 Å². The zero-order chi connectivity index (χ0) is 12.4. The van der Waals surface area contributed by atoms with Gasteiger partial charge in [-0.05, 0) is 41.1 Å². The molecule has 6 heteroatoms. The van der Waals surface area contributed by atoms with Crippen LogP contribution in [-0.2, 0) is 0 Å². The van der Waals surface area contributed by atoms with Crippen LogP contribution in [0.5, 0.6) is 0 Å². The van der Waals surface area contributed by atoms with Crippen LogP contribution in [0.3, 0.4) is 0 Å². The largest absolute Gasteiger partial charge is 0.339 e. The van der Waals surface area contributed by atoms with Gasteiger partial charge in [0.25, 0.3) is 0 Å². The van der Waals surface area contributed by atoms with Crippen molar-refractivity contribution in [1.82, 2.24) is 9.97 Å². The topological polar surface area (TPSA) is 37.8 Å². The maximum Gasteiger partial charge on any atom is 0.135 e. The van der Waals surface area contributed by atoms with Gasteiger partial charge in [0.2, 0.25) is 0 Å². The Morgan fingerprint density at radius 1 is 1.29 bits per heavy atom. The number of nitrogens with zero attached hydrogens (tertiary/aromatic N) is 2. The second-order valence-corrected chi connectivity index (χ2v) is 4.59. The maximum absolute atomic E-state index is 12.9. The molecule has 0 aliphatic rings. The molecule has 88 valence electrons. The first kappa shape index (κ1) is 12.3. The summed E-state index contributed by atoms with van der Waals surface area (Å²) in [7, 11) is 0. The van der Waals surface area contributed by atoms with E-state index in [-0.39, 0.29) is 5.82 Å². The number of anilines is 2. The summed E-state index contributed by atoms with van der Waals surface area (Å²) in [6.45, 7) is 1.78. The summed E-state index contributed by atoms with van der Waals surface area (Å²) in [6.07, 6.45) is 0. The fourth-order valence-corrected chi connectivity index (χ4v) is 2.01. The molecule has 1 aromatic carbocycles. The zero-order valence-corrected chi connectivity index (χ0v) is 11.2. The van der Waals surface area contributed by atoms with Crippen molar-refractivity contribution in [2.75, 3.05) is 5.32 Å². The van der Waals surface area contributed by atoms with Crippen molar-refractivity contribution in [2.24, 2.45) is 0 Å². The van der Waals surface area contributed by atoms with E-state index in [1.165, 1.54) is 12.1 Å². The van der Waals surface area contributed by atoms with Crippen LogP contribution in [0.2, 0.25) is 5.02 Å². The van der Waals surface area contributed by atoms with Crippen molar-refractivity contribution in [3.05, 3.63) is 45.5 Å². The Morgan fingerprint density at radius 3 is 2.71 bits per heavy atom. The number of nitrogens with one attached hydrogen (secondary N) is 1. The summed E-state index contributed by atoms with van der Waals surface area (Å²) < 4.78 is 13.5. The molecule has 1 N–H and O–H groups in total. The summed E-state index contributed by atoms with van der Waals surface area (Å²) >= 11 is 9.17. The van der Waals surface area contributed by atoms with Gasteiger partial charge in [-0.1, -0.05) is 11.6 Å². The van der Waals surface area contributed by atoms with Gasteiger partial charge in [-0.25, -0.2) is 14.4 Å². The summed E-state index contributed by atoms with van der Waals surface area (Å²) in [5.74, 6) is 0.846. The second-order valence-electron chi connectivity index (χ2n) is 3.37. The lowest BCUT2D eigenvalue weighted by Crippen LogP contribution is -1.98. The van der Waals surface area contributed by atoms with Gasteiger partial charge in [0.1, 0.15) is 22.1 Å². The van der Waals surface area contributed by atoms with Gasteiger partial charge in [-0.3, -0.25) is 0 Å². The second kappa shape index (κ2) is 4.98. The van der Waals surface area contributed by atoms with Crippen LogP contribution in [0.1, 0.15) is 5.82 Å². The monoisotopic (exact) mass is 315 g/mol. The lowest BCUT2D eigenvalue weighted by molar-refractivity contribution is 0.628. The minimum atomic E-state index is -0.374. The number of hydrogen-bond acceptors (Lipinski definition) is 3. The number of aryl methyl sites for hydroxylation is 1. The summed E-state index contributed by atoms with van der Waals surface area (Å²) in [4.78, 5) is 8.27. The third-order valence-electron chi connectivity index (χ3n) is 2.00. The van der Waals surface area contributed by atoms with Crippen LogP contribution in [-0.4, -0.2) is 9.97 Å². The smallest absolute Gasteiger partial charge is 0.135 e. The number of hydrogen-bond donors (Lipinski definition) is 1. The third-order valence-corrected chi connectivity index (χ3v) is 2.72. The molecule has 0 atom stereocenters. The van der Waals surface area contributed by atoms with Crippen LogP contribution in [0.15, 0.2) is 28.9 Å². The Bertz CT molecular complexity index is 542. The Labute approximate surface area is 111 Å². The van der Waals surface area contributed by atoms with Crippen molar-refractivity contribution in [1.29, 1.82) is 0 Å². The average Bonchev–Trinajstić information content (AvgIpc) is 2.21. The Morgan fingerprint density at radius 2 is 2.06 bits per heavy atom. The molecule has 0 bridgehead atoms. The predicted molar refractivity (Wildman–Crippen MR) is 69.2 cm³/mol.